The Morgan fingerprint density at radius 2 is 2.40 bits per heavy atom. The maximum atomic E-state index is 9.91. The van der Waals surface area contributed by atoms with Crippen molar-refractivity contribution in [1.82, 2.24) is 5.32 Å². The van der Waals surface area contributed by atoms with Crippen LogP contribution in [0.1, 0.15) is 0 Å². The van der Waals surface area contributed by atoms with Gasteiger partial charge in [-0.15, -0.1) is 0 Å². The van der Waals surface area contributed by atoms with Crippen LogP contribution in [0.4, 0.5) is 0 Å². The summed E-state index contributed by atoms with van der Waals surface area (Å²) < 4.78 is 0. The highest BCUT2D eigenvalue weighted by molar-refractivity contribution is 6.77. The van der Waals surface area contributed by atoms with Gasteiger partial charge in [0.25, 0.3) is 0 Å². The van der Waals surface area contributed by atoms with Crippen molar-refractivity contribution in [1.29, 1.82) is 0 Å². The van der Waals surface area contributed by atoms with Crippen molar-refractivity contribution in [3.05, 3.63) is 17.1 Å². The summed E-state index contributed by atoms with van der Waals surface area (Å²) in [5, 5.41) is 14.6. The molecule has 0 bridgehead atoms. The van der Waals surface area contributed by atoms with Crippen LogP contribution >= 0.6 is 0 Å². The normalized spacial score (nSPS) is 11.5. The second-order valence-electron chi connectivity index (χ2n) is 2.75. The molecule has 0 heterocycles. The molecular formula is C7H15B2N4O2. The van der Waals surface area contributed by atoms with Crippen LogP contribution in [0.2, 0.25) is 6.82 Å². The maximum Gasteiger partial charge on any atom is 0.428 e. The number of nitrogens with zero attached hydrogens (tertiary/aromatic N) is 2. The molecule has 0 amide bonds. The topological polar surface area (TPSA) is 100 Å². The van der Waals surface area contributed by atoms with E-state index in [0.29, 0.717) is 18.8 Å². The molecule has 81 valence electrons. The van der Waals surface area contributed by atoms with Gasteiger partial charge in [0.05, 0.1) is 6.44 Å². The molecule has 0 aromatic rings. The minimum absolute atomic E-state index is 0.0269. The van der Waals surface area contributed by atoms with E-state index >= 15 is 0 Å². The summed E-state index contributed by atoms with van der Waals surface area (Å²) in [7, 11) is 0.699. The Morgan fingerprint density at radius 3 is 2.93 bits per heavy atom. The number of nitroso groups, excluding NO2 is 1. The average Bonchev–Trinajstić information content (AvgIpc) is 2.19. The molecule has 6 nitrogen and oxygen atoms in total. The minimum Gasteiger partial charge on any atom is -0.431 e. The van der Waals surface area contributed by atoms with E-state index in [9.17, 15) is 4.91 Å². The molecule has 0 atom stereocenters. The predicted molar refractivity (Wildman–Crippen MR) is 63.9 cm³/mol. The van der Waals surface area contributed by atoms with Gasteiger partial charge in [-0.1, -0.05) is 17.3 Å². The Balaban J connectivity index is 4.01. The number of rotatable bonds is 7. The Bertz CT molecular complexity index is 233. The van der Waals surface area contributed by atoms with Crippen LogP contribution in [0, 0.1) is 4.91 Å². The van der Waals surface area contributed by atoms with Crippen molar-refractivity contribution in [2.45, 2.75) is 6.82 Å². The average molecular weight is 209 g/mol. The molecule has 0 saturated carbocycles. The van der Waals surface area contributed by atoms with Crippen molar-refractivity contribution in [3.63, 3.8) is 0 Å². The number of hydrogen-bond donors (Lipinski definition) is 3. The number of hydrogen-bond acceptors (Lipinski definition) is 5. The van der Waals surface area contributed by atoms with Crippen LogP contribution < -0.4 is 11.1 Å². The van der Waals surface area contributed by atoms with Crippen molar-refractivity contribution in [3.8, 4) is 0 Å². The van der Waals surface area contributed by atoms with Gasteiger partial charge in [0.2, 0.25) is 7.28 Å². The van der Waals surface area contributed by atoms with E-state index in [-0.39, 0.29) is 6.44 Å². The summed E-state index contributed by atoms with van der Waals surface area (Å²) >= 11 is 0. The highest BCUT2D eigenvalue weighted by Crippen LogP contribution is 1.81. The molecule has 1 radical (unpaired) electrons. The standard InChI is InChI=1S/C7H15B2N4O2/c1-9(14)13-7(8-6-12-15)11-5-3-2-4-10/h2-3,14H,4-6,10H2,1H3,(H,11,13). The lowest BCUT2D eigenvalue weighted by Gasteiger charge is -2.06. The van der Waals surface area contributed by atoms with Crippen molar-refractivity contribution in [2.24, 2.45) is 15.8 Å². The van der Waals surface area contributed by atoms with Gasteiger partial charge in [-0.05, 0) is 6.82 Å². The first-order valence-corrected chi connectivity index (χ1v) is 4.67. The first-order chi connectivity index (χ1) is 7.20. The largest absolute Gasteiger partial charge is 0.431 e. The molecule has 0 fully saturated rings. The van der Waals surface area contributed by atoms with Crippen LogP contribution in [0.15, 0.2) is 22.2 Å². The molecule has 0 spiro atoms. The Labute approximate surface area is 90.4 Å². The van der Waals surface area contributed by atoms with Crippen molar-refractivity contribution < 1.29 is 5.02 Å². The molecule has 0 aromatic heterocycles. The van der Waals surface area contributed by atoms with Gasteiger partial charge in [0.1, 0.15) is 0 Å². The molecule has 8 heteroatoms. The fourth-order valence-electron chi connectivity index (χ4n) is 0.839. The lowest BCUT2D eigenvalue weighted by molar-refractivity contribution is 0.581. The van der Waals surface area contributed by atoms with Gasteiger partial charge in [-0.2, -0.15) is 4.91 Å². The molecular weight excluding hydrogens is 194 g/mol. The molecule has 0 aliphatic carbocycles. The molecule has 0 unspecified atom stereocenters. The minimum atomic E-state index is -0.811. The maximum absolute atomic E-state index is 9.91. The molecule has 15 heavy (non-hydrogen) atoms. The highest BCUT2D eigenvalue weighted by atomic mass is 16.2. The van der Waals surface area contributed by atoms with Gasteiger partial charge in [0.15, 0.2) is 0 Å². The SMILES string of the molecule is CB(O)N=C([B]CN=O)NCC=CCN. The fourth-order valence-corrected chi connectivity index (χ4v) is 0.839. The lowest BCUT2D eigenvalue weighted by atomic mass is 9.75. The van der Waals surface area contributed by atoms with Gasteiger partial charge in [-0.25, -0.2) is 0 Å². The third-order valence-electron chi connectivity index (χ3n) is 1.39. The summed E-state index contributed by atoms with van der Waals surface area (Å²) in [5.41, 5.74) is 5.71. The lowest BCUT2D eigenvalue weighted by Crippen LogP contribution is -2.32. The van der Waals surface area contributed by atoms with E-state index < -0.39 is 7.05 Å². The van der Waals surface area contributed by atoms with Crippen LogP contribution in [-0.2, 0) is 0 Å². The van der Waals surface area contributed by atoms with Crippen LogP contribution in [0.5, 0.6) is 0 Å². The van der Waals surface area contributed by atoms with Crippen molar-refractivity contribution >= 4 is 20.1 Å². The molecule has 0 aliphatic rings. The summed E-state index contributed by atoms with van der Waals surface area (Å²) in [6.45, 7) is 2.54. The quantitative estimate of drug-likeness (QED) is 0.164. The predicted octanol–water partition coefficient (Wildman–Crippen LogP) is -1.01. The summed E-state index contributed by atoms with van der Waals surface area (Å²) in [5.74, 6) is 0. The van der Waals surface area contributed by atoms with E-state index in [4.69, 9.17) is 10.8 Å². The summed E-state index contributed by atoms with van der Waals surface area (Å²) in [6.07, 6.45) is 3.66. The zero-order valence-electron chi connectivity index (χ0n) is 8.76. The van der Waals surface area contributed by atoms with Crippen molar-refractivity contribution in [2.75, 3.05) is 19.5 Å². The Kier molecular flexibility index (Phi) is 8.70. The summed E-state index contributed by atoms with van der Waals surface area (Å²) in [4.78, 5) is 13.8. The van der Waals surface area contributed by atoms with Gasteiger partial charge < -0.3 is 21.0 Å². The number of nitrogens with two attached hydrogens (primary N) is 1. The third kappa shape index (κ3) is 9.17. The zero-order valence-corrected chi connectivity index (χ0v) is 8.76. The molecule has 0 saturated heterocycles. The highest BCUT2D eigenvalue weighted by Gasteiger charge is 2.04. The van der Waals surface area contributed by atoms with Gasteiger partial charge >= 0.3 is 7.05 Å². The van der Waals surface area contributed by atoms with Gasteiger partial charge in [-0.3, -0.25) is 0 Å². The zero-order chi connectivity index (χ0) is 11.5. The van der Waals surface area contributed by atoms with Crippen LogP contribution in [0.3, 0.4) is 0 Å². The number of amidine groups is 1. The Hall–Kier alpha value is -1.14. The first-order valence-electron chi connectivity index (χ1n) is 4.67. The van der Waals surface area contributed by atoms with E-state index in [1.807, 2.05) is 6.08 Å². The molecule has 0 aliphatic heterocycles. The smallest absolute Gasteiger partial charge is 0.428 e. The van der Waals surface area contributed by atoms with E-state index in [2.05, 4.69) is 15.4 Å². The van der Waals surface area contributed by atoms with E-state index in [0.717, 1.165) is 0 Å². The fraction of sp³-hybridized carbons (Fsp3) is 0.571. The Morgan fingerprint density at radius 1 is 1.67 bits per heavy atom. The molecule has 0 aromatic carbocycles. The van der Waals surface area contributed by atoms with E-state index in [1.54, 1.807) is 6.08 Å². The molecule has 0 rings (SSSR count). The second-order valence-corrected chi connectivity index (χ2v) is 2.75. The number of nitrogens with one attached hydrogen (secondary N) is 1. The summed E-state index contributed by atoms with van der Waals surface area (Å²) in [6, 6.07) is 0. The van der Waals surface area contributed by atoms with Crippen LogP contribution in [0.25, 0.3) is 0 Å². The van der Waals surface area contributed by atoms with E-state index in [1.165, 1.54) is 14.1 Å². The van der Waals surface area contributed by atoms with Crippen LogP contribution in [-0.4, -0.2) is 44.6 Å². The molecule has 4 N–H and O–H groups in total. The first kappa shape index (κ1) is 13.9. The second kappa shape index (κ2) is 9.42. The third-order valence-corrected chi connectivity index (χ3v) is 1.39. The van der Waals surface area contributed by atoms with Gasteiger partial charge in [0, 0.05) is 18.8 Å². The monoisotopic (exact) mass is 209 g/mol.